The Morgan fingerprint density at radius 2 is 2.00 bits per heavy atom. The summed E-state index contributed by atoms with van der Waals surface area (Å²) in [6.45, 7) is 2.12. The SMILES string of the molecule is S=C(Nc1ccc2snnc2c1)N1CCCCCC1. The largest absolute Gasteiger partial charge is 0.349 e. The molecule has 1 aromatic carbocycles. The molecule has 0 radical (unpaired) electrons. The lowest BCUT2D eigenvalue weighted by molar-refractivity contribution is 0.441. The fourth-order valence-electron chi connectivity index (χ4n) is 2.34. The lowest BCUT2D eigenvalue weighted by atomic mass is 10.2. The number of aromatic nitrogens is 2. The summed E-state index contributed by atoms with van der Waals surface area (Å²) in [6, 6.07) is 6.07. The maximum Gasteiger partial charge on any atom is 0.173 e. The van der Waals surface area contributed by atoms with Crippen LogP contribution in [0.4, 0.5) is 5.69 Å². The second-order valence-electron chi connectivity index (χ2n) is 4.79. The summed E-state index contributed by atoms with van der Waals surface area (Å²) in [5.41, 5.74) is 1.92. The highest BCUT2D eigenvalue weighted by atomic mass is 32.1. The molecule has 1 N–H and O–H groups in total. The van der Waals surface area contributed by atoms with Crippen LogP contribution in [0, 0.1) is 0 Å². The molecule has 6 heteroatoms. The van der Waals surface area contributed by atoms with Gasteiger partial charge in [0.1, 0.15) is 5.52 Å². The highest BCUT2D eigenvalue weighted by molar-refractivity contribution is 7.80. The standard InChI is InChI=1S/C13H16N4S2/c18-13(17-7-3-1-2-4-8-17)14-10-5-6-12-11(9-10)15-16-19-12/h5-6,9H,1-4,7-8H2,(H,14,18). The van der Waals surface area contributed by atoms with Crippen LogP contribution >= 0.6 is 23.8 Å². The number of hydrogen-bond donors (Lipinski definition) is 1. The molecular weight excluding hydrogens is 276 g/mol. The van der Waals surface area contributed by atoms with Gasteiger partial charge in [-0.15, -0.1) is 5.10 Å². The van der Waals surface area contributed by atoms with E-state index in [1.807, 2.05) is 18.2 Å². The first-order valence-electron chi connectivity index (χ1n) is 6.61. The van der Waals surface area contributed by atoms with Gasteiger partial charge in [0.25, 0.3) is 0 Å². The molecule has 1 aliphatic rings. The maximum atomic E-state index is 5.50. The summed E-state index contributed by atoms with van der Waals surface area (Å²) >= 11 is 6.91. The van der Waals surface area contributed by atoms with Crippen LogP contribution < -0.4 is 5.32 Å². The summed E-state index contributed by atoms with van der Waals surface area (Å²) in [6.07, 6.45) is 5.10. The topological polar surface area (TPSA) is 41.1 Å². The lowest BCUT2D eigenvalue weighted by Gasteiger charge is -2.23. The monoisotopic (exact) mass is 292 g/mol. The molecule has 1 saturated heterocycles. The molecule has 1 aliphatic heterocycles. The van der Waals surface area contributed by atoms with Gasteiger partial charge in [0, 0.05) is 18.8 Å². The fraction of sp³-hybridized carbons (Fsp3) is 0.462. The van der Waals surface area contributed by atoms with Gasteiger partial charge in [-0.05, 0) is 54.8 Å². The van der Waals surface area contributed by atoms with Crippen molar-refractivity contribution in [3.63, 3.8) is 0 Å². The van der Waals surface area contributed by atoms with Gasteiger partial charge in [0.05, 0.1) is 4.70 Å². The molecule has 2 aromatic rings. The van der Waals surface area contributed by atoms with Crippen LogP contribution in [0.1, 0.15) is 25.7 Å². The summed E-state index contributed by atoms with van der Waals surface area (Å²) in [4.78, 5) is 2.27. The third-order valence-corrected chi connectivity index (χ3v) is 4.46. The third kappa shape index (κ3) is 3.01. The maximum absolute atomic E-state index is 5.50. The third-order valence-electron chi connectivity index (χ3n) is 3.39. The Kier molecular flexibility index (Phi) is 3.89. The molecule has 1 aromatic heterocycles. The van der Waals surface area contributed by atoms with Gasteiger partial charge in [0.2, 0.25) is 0 Å². The van der Waals surface area contributed by atoms with Crippen LogP contribution in [0.3, 0.4) is 0 Å². The molecule has 0 amide bonds. The predicted octanol–water partition coefficient (Wildman–Crippen LogP) is 3.26. The van der Waals surface area contributed by atoms with Crippen molar-refractivity contribution in [2.24, 2.45) is 0 Å². The molecule has 2 heterocycles. The zero-order chi connectivity index (χ0) is 13.1. The van der Waals surface area contributed by atoms with Crippen molar-refractivity contribution in [2.75, 3.05) is 18.4 Å². The number of nitrogens with zero attached hydrogens (tertiary/aromatic N) is 3. The molecule has 0 spiro atoms. The Morgan fingerprint density at radius 3 is 2.79 bits per heavy atom. The number of benzene rings is 1. The van der Waals surface area contributed by atoms with Gasteiger partial charge < -0.3 is 10.2 Å². The van der Waals surface area contributed by atoms with E-state index in [1.165, 1.54) is 37.2 Å². The molecule has 0 atom stereocenters. The van der Waals surface area contributed by atoms with Gasteiger partial charge >= 0.3 is 0 Å². The summed E-state index contributed by atoms with van der Waals surface area (Å²) in [5.74, 6) is 0. The van der Waals surface area contributed by atoms with E-state index in [1.54, 1.807) is 0 Å². The van der Waals surface area contributed by atoms with Crippen molar-refractivity contribution in [1.29, 1.82) is 0 Å². The Morgan fingerprint density at radius 1 is 1.21 bits per heavy atom. The molecule has 19 heavy (non-hydrogen) atoms. The van der Waals surface area contributed by atoms with Crippen molar-refractivity contribution in [3.05, 3.63) is 18.2 Å². The van der Waals surface area contributed by atoms with E-state index in [0.29, 0.717) is 0 Å². The summed E-state index contributed by atoms with van der Waals surface area (Å²) in [5, 5.41) is 8.22. The predicted molar refractivity (Wildman–Crippen MR) is 83.7 cm³/mol. The minimum Gasteiger partial charge on any atom is -0.349 e. The molecule has 0 unspecified atom stereocenters. The van der Waals surface area contributed by atoms with Crippen molar-refractivity contribution in [2.45, 2.75) is 25.7 Å². The van der Waals surface area contributed by atoms with Gasteiger partial charge in [-0.1, -0.05) is 17.3 Å². The number of fused-ring (bicyclic) bond motifs is 1. The summed E-state index contributed by atoms with van der Waals surface area (Å²) < 4.78 is 5.05. The smallest absolute Gasteiger partial charge is 0.173 e. The quantitative estimate of drug-likeness (QED) is 0.817. The Labute approximate surface area is 122 Å². The van der Waals surface area contributed by atoms with Crippen LogP contribution in [-0.2, 0) is 0 Å². The number of rotatable bonds is 1. The van der Waals surface area contributed by atoms with E-state index in [2.05, 4.69) is 19.8 Å². The number of hydrogen-bond acceptors (Lipinski definition) is 4. The molecule has 100 valence electrons. The highest BCUT2D eigenvalue weighted by Crippen LogP contribution is 2.20. The second-order valence-corrected chi connectivity index (χ2v) is 5.96. The van der Waals surface area contributed by atoms with Gasteiger partial charge in [-0.3, -0.25) is 0 Å². The number of anilines is 1. The molecule has 0 saturated carbocycles. The molecule has 0 bridgehead atoms. The van der Waals surface area contributed by atoms with E-state index < -0.39 is 0 Å². The first-order valence-corrected chi connectivity index (χ1v) is 7.79. The van der Waals surface area contributed by atoms with Crippen molar-refractivity contribution < 1.29 is 0 Å². The van der Waals surface area contributed by atoms with Crippen LogP contribution in [0.15, 0.2) is 18.2 Å². The first kappa shape index (κ1) is 12.7. The lowest BCUT2D eigenvalue weighted by Crippen LogP contribution is -2.35. The Balaban J connectivity index is 1.70. The molecule has 3 rings (SSSR count). The van der Waals surface area contributed by atoms with Crippen LogP contribution in [0.25, 0.3) is 10.2 Å². The number of nitrogens with one attached hydrogen (secondary N) is 1. The van der Waals surface area contributed by atoms with Crippen molar-refractivity contribution in [1.82, 2.24) is 14.5 Å². The number of likely N-dealkylation sites (tertiary alicyclic amines) is 1. The second kappa shape index (κ2) is 5.79. The van der Waals surface area contributed by atoms with Crippen LogP contribution in [0.5, 0.6) is 0 Å². The van der Waals surface area contributed by atoms with E-state index in [-0.39, 0.29) is 0 Å². The van der Waals surface area contributed by atoms with E-state index in [0.717, 1.165) is 34.1 Å². The Hall–Kier alpha value is -1.27. The van der Waals surface area contributed by atoms with E-state index in [4.69, 9.17) is 12.2 Å². The zero-order valence-corrected chi connectivity index (χ0v) is 12.3. The van der Waals surface area contributed by atoms with Gasteiger partial charge in [-0.2, -0.15) is 0 Å². The van der Waals surface area contributed by atoms with Crippen molar-refractivity contribution >= 4 is 44.8 Å². The normalized spacial score (nSPS) is 16.3. The Bertz CT molecular complexity index is 573. The number of thiocarbonyl (C=S) groups is 1. The summed E-state index contributed by atoms with van der Waals surface area (Å²) in [7, 11) is 0. The van der Waals surface area contributed by atoms with Gasteiger partial charge in [0.15, 0.2) is 5.11 Å². The van der Waals surface area contributed by atoms with E-state index in [9.17, 15) is 0 Å². The molecular formula is C13H16N4S2. The minimum absolute atomic E-state index is 0.824. The van der Waals surface area contributed by atoms with E-state index >= 15 is 0 Å². The van der Waals surface area contributed by atoms with Crippen LogP contribution in [0.2, 0.25) is 0 Å². The minimum atomic E-state index is 0.824. The molecule has 1 fully saturated rings. The van der Waals surface area contributed by atoms with Crippen LogP contribution in [-0.4, -0.2) is 32.7 Å². The molecule has 4 nitrogen and oxygen atoms in total. The molecule has 0 aliphatic carbocycles. The van der Waals surface area contributed by atoms with Crippen molar-refractivity contribution in [3.8, 4) is 0 Å². The average molecular weight is 292 g/mol. The van der Waals surface area contributed by atoms with Gasteiger partial charge in [-0.25, -0.2) is 0 Å². The average Bonchev–Trinajstić information content (AvgIpc) is 2.71. The zero-order valence-electron chi connectivity index (χ0n) is 10.6. The fourth-order valence-corrected chi connectivity index (χ4v) is 3.17. The first-order chi connectivity index (χ1) is 9.33. The highest BCUT2D eigenvalue weighted by Gasteiger charge is 2.12.